The molecule has 31 heavy (non-hydrogen) atoms. The van der Waals surface area contributed by atoms with Crippen molar-refractivity contribution in [3.05, 3.63) is 11.6 Å². The van der Waals surface area contributed by atoms with E-state index in [2.05, 4.69) is 54.5 Å². The zero-order chi connectivity index (χ0) is 22.8. The maximum atomic E-state index is 11.3. The molecule has 4 rings (SSSR count). The van der Waals surface area contributed by atoms with Crippen LogP contribution in [0.2, 0.25) is 0 Å². The van der Waals surface area contributed by atoms with Gasteiger partial charge >= 0.3 is 0 Å². The fraction of sp³-hybridized carbons (Fsp3) is 0.931. The summed E-state index contributed by atoms with van der Waals surface area (Å²) in [4.78, 5) is 0. The number of allylic oxidation sites excluding steroid dienone is 1. The zero-order valence-electron chi connectivity index (χ0n) is 21.5. The molecule has 0 aromatic carbocycles. The first kappa shape index (κ1) is 23.8. The van der Waals surface area contributed by atoms with Crippen molar-refractivity contribution in [3.8, 4) is 0 Å². The van der Waals surface area contributed by atoms with Crippen molar-refractivity contribution in [2.75, 3.05) is 0 Å². The summed E-state index contributed by atoms with van der Waals surface area (Å²) in [6, 6.07) is 0. The highest BCUT2D eigenvalue weighted by Crippen LogP contribution is 2.68. The molecule has 0 saturated heterocycles. The Bertz CT molecular complexity index is 693. The molecule has 0 spiro atoms. The SMILES string of the molecule is CC(C)CCC[C@@H](C)[C@H]1CC[C@H]2[C@@H]3CC=C4C(C)(C)[C@H](O)C[C@H](O)[C@]4(C)[C@H]3CC[C@]12C. The van der Waals surface area contributed by atoms with E-state index < -0.39 is 12.2 Å². The van der Waals surface area contributed by atoms with Gasteiger partial charge in [-0.2, -0.15) is 0 Å². The van der Waals surface area contributed by atoms with Crippen LogP contribution in [0.5, 0.6) is 0 Å². The van der Waals surface area contributed by atoms with E-state index in [4.69, 9.17) is 0 Å². The van der Waals surface area contributed by atoms with E-state index in [0.29, 0.717) is 23.7 Å². The van der Waals surface area contributed by atoms with Crippen molar-refractivity contribution >= 4 is 0 Å². The molecule has 0 unspecified atom stereocenters. The van der Waals surface area contributed by atoms with Gasteiger partial charge in [0.25, 0.3) is 0 Å². The Hall–Kier alpha value is -0.340. The zero-order valence-corrected chi connectivity index (χ0v) is 21.5. The van der Waals surface area contributed by atoms with Crippen LogP contribution in [-0.4, -0.2) is 22.4 Å². The van der Waals surface area contributed by atoms with Crippen molar-refractivity contribution in [2.45, 2.75) is 118 Å². The van der Waals surface area contributed by atoms with E-state index in [1.807, 2.05) is 0 Å². The maximum Gasteiger partial charge on any atom is 0.0658 e. The topological polar surface area (TPSA) is 40.5 Å². The highest BCUT2D eigenvalue weighted by atomic mass is 16.3. The molecule has 0 amide bonds. The molecule has 3 fully saturated rings. The smallest absolute Gasteiger partial charge is 0.0658 e. The van der Waals surface area contributed by atoms with Gasteiger partial charge in [-0.25, -0.2) is 0 Å². The minimum Gasteiger partial charge on any atom is -0.392 e. The molecular formula is C29H50O2. The second-order valence-corrected chi connectivity index (χ2v) is 13.5. The molecule has 0 aliphatic heterocycles. The molecule has 0 radical (unpaired) electrons. The lowest BCUT2D eigenvalue weighted by molar-refractivity contribution is -0.133. The fourth-order valence-electron chi connectivity index (χ4n) is 9.37. The molecule has 2 N–H and O–H groups in total. The summed E-state index contributed by atoms with van der Waals surface area (Å²) in [6.07, 6.45) is 12.8. The summed E-state index contributed by atoms with van der Waals surface area (Å²) < 4.78 is 0. The van der Waals surface area contributed by atoms with E-state index in [1.165, 1.54) is 50.5 Å². The number of fused-ring (bicyclic) bond motifs is 5. The van der Waals surface area contributed by atoms with Gasteiger partial charge in [0.15, 0.2) is 0 Å². The average molecular weight is 431 g/mol. The summed E-state index contributed by atoms with van der Waals surface area (Å²) in [5.74, 6) is 4.62. The quantitative estimate of drug-likeness (QED) is 0.461. The molecule has 0 bridgehead atoms. The number of aliphatic hydroxyl groups excluding tert-OH is 2. The van der Waals surface area contributed by atoms with Crippen molar-refractivity contribution in [2.24, 2.45) is 51.8 Å². The first-order valence-corrected chi connectivity index (χ1v) is 13.5. The van der Waals surface area contributed by atoms with Crippen LogP contribution in [-0.2, 0) is 0 Å². The van der Waals surface area contributed by atoms with E-state index in [1.54, 1.807) is 0 Å². The second kappa shape index (κ2) is 8.15. The summed E-state index contributed by atoms with van der Waals surface area (Å²) in [6.45, 7) is 16.6. The van der Waals surface area contributed by atoms with Crippen molar-refractivity contribution in [1.82, 2.24) is 0 Å². The Morgan fingerprint density at radius 3 is 2.32 bits per heavy atom. The molecular weight excluding hydrogens is 380 g/mol. The molecule has 178 valence electrons. The Morgan fingerprint density at radius 2 is 1.65 bits per heavy atom. The molecule has 9 atom stereocenters. The second-order valence-electron chi connectivity index (χ2n) is 13.5. The highest BCUT2D eigenvalue weighted by Gasteiger charge is 2.63. The molecule has 0 aromatic heterocycles. The Balaban J connectivity index is 1.57. The van der Waals surface area contributed by atoms with Gasteiger partial charge in [-0.15, -0.1) is 0 Å². The van der Waals surface area contributed by atoms with Crippen LogP contribution in [0.15, 0.2) is 11.6 Å². The van der Waals surface area contributed by atoms with Crippen molar-refractivity contribution < 1.29 is 10.2 Å². The molecule has 4 aliphatic carbocycles. The molecule has 0 aromatic rings. The van der Waals surface area contributed by atoms with Crippen molar-refractivity contribution in [3.63, 3.8) is 0 Å². The lowest BCUT2D eigenvalue weighted by atomic mass is 9.43. The van der Waals surface area contributed by atoms with E-state index in [0.717, 1.165) is 30.1 Å². The summed E-state index contributed by atoms with van der Waals surface area (Å²) >= 11 is 0. The number of rotatable bonds is 5. The third-order valence-corrected chi connectivity index (χ3v) is 11.2. The first-order valence-electron chi connectivity index (χ1n) is 13.5. The third-order valence-electron chi connectivity index (χ3n) is 11.2. The van der Waals surface area contributed by atoms with Gasteiger partial charge in [-0.1, -0.05) is 79.4 Å². The minimum absolute atomic E-state index is 0.159. The lowest BCUT2D eigenvalue weighted by Crippen LogP contribution is -2.60. The summed E-state index contributed by atoms with van der Waals surface area (Å²) in [5, 5.41) is 22.0. The van der Waals surface area contributed by atoms with Crippen LogP contribution in [0.3, 0.4) is 0 Å². The Morgan fingerprint density at radius 1 is 0.935 bits per heavy atom. The van der Waals surface area contributed by atoms with Crippen LogP contribution in [0.4, 0.5) is 0 Å². The normalized spacial score (nSPS) is 47.4. The maximum absolute atomic E-state index is 11.3. The molecule has 2 heteroatoms. The van der Waals surface area contributed by atoms with Crippen LogP contribution in [0.1, 0.15) is 106 Å². The van der Waals surface area contributed by atoms with Crippen LogP contribution in [0, 0.1) is 51.8 Å². The lowest BCUT2D eigenvalue weighted by Gasteiger charge is -2.62. The standard InChI is InChI=1S/C29H50O2/c1-18(2)9-8-10-19(3)21-12-13-22-20-11-14-24-27(4,5)25(30)17-26(31)29(24,7)23(20)15-16-28(21,22)6/h14,18-23,25-26,30-31H,8-13,15-17H2,1-7H3/t19-,20+,21-,22+,23+,25-,26+,28-,29-/m1/s1. The Labute approximate surface area is 192 Å². The Kier molecular flexibility index (Phi) is 6.26. The van der Waals surface area contributed by atoms with Gasteiger partial charge in [0.2, 0.25) is 0 Å². The van der Waals surface area contributed by atoms with Crippen LogP contribution < -0.4 is 0 Å². The summed E-state index contributed by atoms with van der Waals surface area (Å²) in [5.41, 5.74) is 1.46. The minimum atomic E-state index is -0.435. The highest BCUT2D eigenvalue weighted by molar-refractivity contribution is 5.33. The van der Waals surface area contributed by atoms with Crippen LogP contribution >= 0.6 is 0 Å². The van der Waals surface area contributed by atoms with E-state index >= 15 is 0 Å². The largest absolute Gasteiger partial charge is 0.392 e. The van der Waals surface area contributed by atoms with Gasteiger partial charge in [-0.05, 0) is 73.0 Å². The van der Waals surface area contributed by atoms with Gasteiger partial charge in [0.1, 0.15) is 0 Å². The average Bonchev–Trinajstić information content (AvgIpc) is 3.04. The predicted octanol–water partition coefficient (Wildman–Crippen LogP) is 7.00. The van der Waals surface area contributed by atoms with Gasteiger partial charge in [-0.3, -0.25) is 0 Å². The van der Waals surface area contributed by atoms with Gasteiger partial charge in [0.05, 0.1) is 12.2 Å². The third kappa shape index (κ3) is 3.58. The molecule has 3 saturated carbocycles. The van der Waals surface area contributed by atoms with E-state index in [-0.39, 0.29) is 10.8 Å². The van der Waals surface area contributed by atoms with E-state index in [9.17, 15) is 10.2 Å². The van der Waals surface area contributed by atoms with Crippen LogP contribution in [0.25, 0.3) is 0 Å². The molecule has 2 nitrogen and oxygen atoms in total. The monoisotopic (exact) mass is 430 g/mol. The van der Waals surface area contributed by atoms with Gasteiger partial charge < -0.3 is 10.2 Å². The number of aliphatic hydroxyl groups is 2. The predicted molar refractivity (Wildman–Crippen MR) is 130 cm³/mol. The van der Waals surface area contributed by atoms with Crippen molar-refractivity contribution in [1.29, 1.82) is 0 Å². The molecule has 0 heterocycles. The first-order chi connectivity index (χ1) is 14.4. The number of hydrogen-bond donors (Lipinski definition) is 2. The molecule has 4 aliphatic rings. The summed E-state index contributed by atoms with van der Waals surface area (Å²) in [7, 11) is 0. The fourth-order valence-corrected chi connectivity index (χ4v) is 9.37. The number of hydrogen-bond acceptors (Lipinski definition) is 2. The van der Waals surface area contributed by atoms with Gasteiger partial charge in [0, 0.05) is 17.3 Å².